The van der Waals surface area contributed by atoms with Crippen molar-refractivity contribution in [2.24, 2.45) is 0 Å². The molecule has 0 bridgehead atoms. The van der Waals surface area contributed by atoms with E-state index < -0.39 is 0 Å². The largest absolute Gasteiger partial charge is 0.398 e. The molecule has 0 aliphatic carbocycles. The molecule has 2 rings (SSSR count). The van der Waals surface area contributed by atoms with E-state index in [0.717, 1.165) is 42.2 Å². The van der Waals surface area contributed by atoms with Crippen molar-refractivity contribution in [3.05, 3.63) is 28.8 Å². The van der Waals surface area contributed by atoms with Gasteiger partial charge in [-0.05, 0) is 43.5 Å². The molecule has 1 heterocycles. The first kappa shape index (κ1) is 13.7. The summed E-state index contributed by atoms with van der Waals surface area (Å²) in [6.07, 6.45) is 2.56. The SMILES string of the molecule is COC1CCN(Cc2cc(Cl)ccc2N)C(C)C1. The number of likely N-dealkylation sites (tertiary alicyclic amines) is 1. The first-order chi connectivity index (χ1) is 8.60. The first-order valence-corrected chi connectivity index (χ1v) is 6.78. The number of rotatable bonds is 3. The van der Waals surface area contributed by atoms with Crippen LogP contribution in [0.15, 0.2) is 18.2 Å². The Balaban J connectivity index is 2.03. The third-order valence-electron chi connectivity index (χ3n) is 3.78. The maximum absolute atomic E-state index is 6.02. The highest BCUT2D eigenvalue weighted by Crippen LogP contribution is 2.25. The molecule has 0 radical (unpaired) electrons. The number of nitrogens with zero attached hydrogens (tertiary/aromatic N) is 1. The van der Waals surface area contributed by atoms with Gasteiger partial charge in [-0.25, -0.2) is 0 Å². The van der Waals surface area contributed by atoms with Crippen LogP contribution in [0.2, 0.25) is 5.02 Å². The highest BCUT2D eigenvalue weighted by molar-refractivity contribution is 6.30. The number of nitrogen functional groups attached to an aromatic ring is 1. The van der Waals surface area contributed by atoms with E-state index in [1.54, 1.807) is 7.11 Å². The van der Waals surface area contributed by atoms with Crippen LogP contribution in [0, 0.1) is 0 Å². The molecule has 18 heavy (non-hydrogen) atoms. The average molecular weight is 269 g/mol. The van der Waals surface area contributed by atoms with Gasteiger partial charge in [0.05, 0.1) is 6.10 Å². The summed E-state index contributed by atoms with van der Waals surface area (Å²) in [6, 6.07) is 6.19. The van der Waals surface area contributed by atoms with Crippen LogP contribution in [0.4, 0.5) is 5.69 Å². The van der Waals surface area contributed by atoms with Crippen molar-refractivity contribution in [3.8, 4) is 0 Å². The second kappa shape index (κ2) is 5.91. The van der Waals surface area contributed by atoms with E-state index in [1.807, 2.05) is 18.2 Å². The Morgan fingerprint density at radius 2 is 2.28 bits per heavy atom. The van der Waals surface area contributed by atoms with Gasteiger partial charge in [-0.3, -0.25) is 4.90 Å². The maximum atomic E-state index is 6.02. The highest BCUT2D eigenvalue weighted by atomic mass is 35.5. The number of nitrogens with two attached hydrogens (primary N) is 1. The predicted molar refractivity (Wildman–Crippen MR) is 75.8 cm³/mol. The number of hydrogen-bond donors (Lipinski definition) is 1. The molecule has 1 saturated heterocycles. The number of benzene rings is 1. The summed E-state index contributed by atoms with van der Waals surface area (Å²) < 4.78 is 5.43. The summed E-state index contributed by atoms with van der Waals surface area (Å²) in [5.41, 5.74) is 7.93. The van der Waals surface area contributed by atoms with Crippen LogP contribution in [0.1, 0.15) is 25.3 Å². The molecule has 1 fully saturated rings. The molecule has 0 aromatic heterocycles. The molecule has 0 spiro atoms. The van der Waals surface area contributed by atoms with Crippen LogP contribution in [0.25, 0.3) is 0 Å². The molecule has 2 unspecified atom stereocenters. The van der Waals surface area contributed by atoms with E-state index in [1.165, 1.54) is 0 Å². The molecular weight excluding hydrogens is 248 g/mol. The third-order valence-corrected chi connectivity index (χ3v) is 4.01. The second-order valence-electron chi connectivity index (χ2n) is 5.04. The summed E-state index contributed by atoms with van der Waals surface area (Å²) in [5.74, 6) is 0. The van der Waals surface area contributed by atoms with Gasteiger partial charge in [0.15, 0.2) is 0 Å². The standard InChI is InChI=1S/C14H21ClN2O/c1-10-7-13(18-2)5-6-17(10)9-11-8-12(15)3-4-14(11)16/h3-4,8,10,13H,5-7,9,16H2,1-2H3. The Morgan fingerprint density at radius 3 is 2.94 bits per heavy atom. The van der Waals surface area contributed by atoms with Gasteiger partial charge in [-0.2, -0.15) is 0 Å². The fourth-order valence-corrected chi connectivity index (χ4v) is 2.75. The van der Waals surface area contributed by atoms with Crippen molar-refractivity contribution >= 4 is 17.3 Å². The van der Waals surface area contributed by atoms with Crippen molar-refractivity contribution in [2.75, 3.05) is 19.4 Å². The molecule has 1 aromatic rings. The lowest BCUT2D eigenvalue weighted by molar-refractivity contribution is 0.0130. The summed E-state index contributed by atoms with van der Waals surface area (Å²) in [6.45, 7) is 4.15. The summed E-state index contributed by atoms with van der Waals surface area (Å²) in [4.78, 5) is 2.44. The smallest absolute Gasteiger partial charge is 0.0598 e. The second-order valence-corrected chi connectivity index (χ2v) is 5.48. The summed E-state index contributed by atoms with van der Waals surface area (Å²) in [5, 5.41) is 0.749. The number of hydrogen-bond acceptors (Lipinski definition) is 3. The zero-order valence-electron chi connectivity index (χ0n) is 11.0. The Morgan fingerprint density at radius 1 is 1.50 bits per heavy atom. The number of methoxy groups -OCH3 is 1. The molecule has 1 aliphatic rings. The minimum absolute atomic E-state index is 0.396. The average Bonchev–Trinajstić information content (AvgIpc) is 2.36. The fraction of sp³-hybridized carbons (Fsp3) is 0.571. The number of halogens is 1. The third kappa shape index (κ3) is 3.16. The normalized spacial score (nSPS) is 25.3. The number of anilines is 1. The molecule has 2 atom stereocenters. The van der Waals surface area contributed by atoms with Crippen LogP contribution in [-0.2, 0) is 11.3 Å². The van der Waals surface area contributed by atoms with Crippen LogP contribution in [0.3, 0.4) is 0 Å². The molecule has 0 amide bonds. The Bertz CT molecular complexity index is 411. The molecule has 0 saturated carbocycles. The van der Waals surface area contributed by atoms with Gasteiger partial charge < -0.3 is 10.5 Å². The number of ether oxygens (including phenoxy) is 1. The lowest BCUT2D eigenvalue weighted by Crippen LogP contribution is -2.42. The van der Waals surface area contributed by atoms with Crippen molar-refractivity contribution < 1.29 is 4.74 Å². The minimum Gasteiger partial charge on any atom is -0.398 e. The molecule has 1 aromatic carbocycles. The van der Waals surface area contributed by atoms with Gasteiger partial charge in [0.2, 0.25) is 0 Å². The first-order valence-electron chi connectivity index (χ1n) is 6.41. The van der Waals surface area contributed by atoms with E-state index in [2.05, 4.69) is 11.8 Å². The van der Waals surface area contributed by atoms with Crippen LogP contribution in [-0.4, -0.2) is 30.7 Å². The van der Waals surface area contributed by atoms with Gasteiger partial charge in [0, 0.05) is 37.0 Å². The van der Waals surface area contributed by atoms with Crippen molar-refractivity contribution in [3.63, 3.8) is 0 Å². The van der Waals surface area contributed by atoms with E-state index in [4.69, 9.17) is 22.1 Å². The lowest BCUT2D eigenvalue weighted by Gasteiger charge is -2.37. The highest BCUT2D eigenvalue weighted by Gasteiger charge is 2.25. The topological polar surface area (TPSA) is 38.5 Å². The van der Waals surface area contributed by atoms with Crippen LogP contribution >= 0.6 is 11.6 Å². The van der Waals surface area contributed by atoms with E-state index >= 15 is 0 Å². The lowest BCUT2D eigenvalue weighted by atomic mass is 9.99. The fourth-order valence-electron chi connectivity index (χ4n) is 2.56. The van der Waals surface area contributed by atoms with Gasteiger partial charge >= 0.3 is 0 Å². The zero-order valence-corrected chi connectivity index (χ0v) is 11.8. The monoisotopic (exact) mass is 268 g/mol. The molecule has 4 heteroatoms. The van der Waals surface area contributed by atoms with Gasteiger partial charge in [-0.15, -0.1) is 0 Å². The number of piperidine rings is 1. The Hall–Kier alpha value is -0.770. The van der Waals surface area contributed by atoms with E-state index in [-0.39, 0.29) is 0 Å². The van der Waals surface area contributed by atoms with Crippen molar-refractivity contribution in [1.29, 1.82) is 0 Å². The molecule has 2 N–H and O–H groups in total. The molecule has 1 aliphatic heterocycles. The quantitative estimate of drug-likeness (QED) is 0.857. The van der Waals surface area contributed by atoms with Gasteiger partial charge in [-0.1, -0.05) is 11.6 Å². The molecule has 100 valence electrons. The molecular formula is C14H21ClN2O. The maximum Gasteiger partial charge on any atom is 0.0598 e. The van der Waals surface area contributed by atoms with Crippen molar-refractivity contribution in [2.45, 2.75) is 38.5 Å². The zero-order chi connectivity index (χ0) is 13.1. The summed E-state index contributed by atoms with van der Waals surface area (Å²) in [7, 11) is 1.79. The Labute approximate surface area is 114 Å². The van der Waals surface area contributed by atoms with Crippen molar-refractivity contribution in [1.82, 2.24) is 4.90 Å². The van der Waals surface area contributed by atoms with Crippen LogP contribution < -0.4 is 5.73 Å². The van der Waals surface area contributed by atoms with E-state index in [9.17, 15) is 0 Å². The Kier molecular flexibility index (Phi) is 4.49. The van der Waals surface area contributed by atoms with E-state index in [0.29, 0.717) is 12.1 Å². The van der Waals surface area contributed by atoms with Gasteiger partial charge in [0.25, 0.3) is 0 Å². The molecule has 3 nitrogen and oxygen atoms in total. The minimum atomic E-state index is 0.396. The van der Waals surface area contributed by atoms with Gasteiger partial charge in [0.1, 0.15) is 0 Å². The van der Waals surface area contributed by atoms with Crippen LogP contribution in [0.5, 0.6) is 0 Å². The predicted octanol–water partition coefficient (Wildman–Crippen LogP) is 2.92. The summed E-state index contributed by atoms with van der Waals surface area (Å²) >= 11 is 6.02.